The topological polar surface area (TPSA) is 15.3 Å². The van der Waals surface area contributed by atoms with Gasteiger partial charge in [0.05, 0.1) is 0 Å². The molecule has 0 radical (unpaired) electrons. The summed E-state index contributed by atoms with van der Waals surface area (Å²) in [7, 11) is 0. The van der Waals surface area contributed by atoms with Gasteiger partial charge < -0.3 is 10.2 Å². The molecule has 1 aromatic carbocycles. The molecular weight excluding hydrogens is 208 g/mol. The van der Waals surface area contributed by atoms with Gasteiger partial charge in [-0.2, -0.15) is 0 Å². The Bertz CT molecular complexity index is 313. The van der Waals surface area contributed by atoms with Crippen molar-refractivity contribution in [2.45, 2.75) is 20.3 Å². The molecule has 2 nitrogen and oxygen atoms in total. The summed E-state index contributed by atoms with van der Waals surface area (Å²) in [4.78, 5) is 2.60. The molecule has 0 saturated carbocycles. The third kappa shape index (κ3) is 3.74. The second kappa shape index (κ2) is 6.06. The Kier molecular flexibility index (Phi) is 4.43. The molecule has 1 fully saturated rings. The molecule has 2 atom stereocenters. The van der Waals surface area contributed by atoms with Crippen LogP contribution in [0.2, 0.25) is 0 Å². The fourth-order valence-corrected chi connectivity index (χ4v) is 2.52. The average molecular weight is 232 g/mol. The number of nitrogens with one attached hydrogen (secondary N) is 1. The first kappa shape index (κ1) is 12.4. The standard InChI is InChI=1S/C15H24N2/c1-13-11-17(12-14(13)2)10-6-9-16-15-7-4-3-5-8-15/h3-5,7-8,13-14,16H,6,9-12H2,1-2H3. The first-order valence-electron chi connectivity index (χ1n) is 6.77. The van der Waals surface area contributed by atoms with Gasteiger partial charge in [-0.1, -0.05) is 32.0 Å². The second-order valence-corrected chi connectivity index (χ2v) is 5.36. The summed E-state index contributed by atoms with van der Waals surface area (Å²) in [5.41, 5.74) is 1.23. The molecule has 0 aromatic heterocycles. The third-order valence-corrected chi connectivity index (χ3v) is 3.82. The van der Waals surface area contributed by atoms with Gasteiger partial charge in [-0.25, -0.2) is 0 Å². The van der Waals surface area contributed by atoms with Gasteiger partial charge in [-0.05, 0) is 36.9 Å². The predicted molar refractivity (Wildman–Crippen MR) is 74.3 cm³/mol. The van der Waals surface area contributed by atoms with Crippen LogP contribution in [0.5, 0.6) is 0 Å². The van der Waals surface area contributed by atoms with Crippen molar-refractivity contribution < 1.29 is 0 Å². The van der Waals surface area contributed by atoms with Crippen LogP contribution in [0.4, 0.5) is 5.69 Å². The normalized spacial score (nSPS) is 25.1. The Balaban J connectivity index is 1.61. The van der Waals surface area contributed by atoms with E-state index in [9.17, 15) is 0 Å². The number of hydrogen-bond donors (Lipinski definition) is 1. The van der Waals surface area contributed by atoms with Crippen LogP contribution in [0.15, 0.2) is 30.3 Å². The zero-order valence-corrected chi connectivity index (χ0v) is 11.0. The molecule has 2 rings (SSSR count). The van der Waals surface area contributed by atoms with E-state index in [4.69, 9.17) is 0 Å². The van der Waals surface area contributed by atoms with E-state index in [-0.39, 0.29) is 0 Å². The maximum atomic E-state index is 3.46. The molecule has 1 aromatic rings. The highest BCUT2D eigenvalue weighted by molar-refractivity contribution is 5.42. The van der Waals surface area contributed by atoms with Gasteiger partial charge in [0.25, 0.3) is 0 Å². The number of rotatable bonds is 5. The minimum absolute atomic E-state index is 0.872. The lowest BCUT2D eigenvalue weighted by atomic mass is 10.0. The molecule has 0 spiro atoms. The van der Waals surface area contributed by atoms with Gasteiger partial charge in [0.1, 0.15) is 0 Å². The Hall–Kier alpha value is -1.02. The molecule has 17 heavy (non-hydrogen) atoms. The fourth-order valence-electron chi connectivity index (χ4n) is 2.52. The van der Waals surface area contributed by atoms with Gasteiger partial charge in [0.15, 0.2) is 0 Å². The molecule has 2 heteroatoms. The summed E-state index contributed by atoms with van der Waals surface area (Å²) in [6.45, 7) is 9.61. The highest BCUT2D eigenvalue weighted by Gasteiger charge is 2.24. The third-order valence-electron chi connectivity index (χ3n) is 3.82. The summed E-state index contributed by atoms with van der Waals surface area (Å²) >= 11 is 0. The van der Waals surface area contributed by atoms with Crippen LogP contribution < -0.4 is 5.32 Å². The van der Waals surface area contributed by atoms with Crippen molar-refractivity contribution in [2.75, 3.05) is 31.5 Å². The minimum Gasteiger partial charge on any atom is -0.385 e. The molecule has 1 aliphatic rings. The molecule has 2 unspecified atom stereocenters. The van der Waals surface area contributed by atoms with Crippen molar-refractivity contribution in [3.05, 3.63) is 30.3 Å². The molecule has 1 saturated heterocycles. The Morgan fingerprint density at radius 3 is 2.41 bits per heavy atom. The molecule has 1 N–H and O–H groups in total. The summed E-state index contributed by atoms with van der Waals surface area (Å²) in [6, 6.07) is 10.5. The fraction of sp³-hybridized carbons (Fsp3) is 0.600. The van der Waals surface area contributed by atoms with Crippen LogP contribution >= 0.6 is 0 Å². The van der Waals surface area contributed by atoms with Crippen molar-refractivity contribution in [1.29, 1.82) is 0 Å². The SMILES string of the molecule is CC1CN(CCCNc2ccccc2)CC1C. The number of anilines is 1. The van der Waals surface area contributed by atoms with E-state index in [2.05, 4.69) is 54.4 Å². The molecule has 0 amide bonds. The monoisotopic (exact) mass is 232 g/mol. The van der Waals surface area contributed by atoms with E-state index >= 15 is 0 Å². The highest BCUT2D eigenvalue weighted by atomic mass is 15.1. The first-order valence-corrected chi connectivity index (χ1v) is 6.77. The number of benzene rings is 1. The maximum Gasteiger partial charge on any atom is 0.0340 e. The van der Waals surface area contributed by atoms with Crippen LogP contribution in [0.25, 0.3) is 0 Å². The van der Waals surface area contributed by atoms with Gasteiger partial charge in [0.2, 0.25) is 0 Å². The summed E-state index contributed by atoms with van der Waals surface area (Å²) < 4.78 is 0. The molecule has 0 bridgehead atoms. The lowest BCUT2D eigenvalue weighted by Gasteiger charge is -2.15. The van der Waals surface area contributed by atoms with Crippen LogP contribution in [-0.2, 0) is 0 Å². The quantitative estimate of drug-likeness (QED) is 0.785. The second-order valence-electron chi connectivity index (χ2n) is 5.36. The van der Waals surface area contributed by atoms with Crippen molar-refractivity contribution in [2.24, 2.45) is 11.8 Å². The Morgan fingerprint density at radius 1 is 1.12 bits per heavy atom. The van der Waals surface area contributed by atoms with Crippen molar-refractivity contribution >= 4 is 5.69 Å². The summed E-state index contributed by atoms with van der Waals surface area (Å²) in [5, 5.41) is 3.46. The molecule has 1 aliphatic heterocycles. The summed E-state index contributed by atoms with van der Waals surface area (Å²) in [6.07, 6.45) is 1.23. The van der Waals surface area contributed by atoms with Gasteiger partial charge in [-0.15, -0.1) is 0 Å². The van der Waals surface area contributed by atoms with Crippen LogP contribution in [-0.4, -0.2) is 31.1 Å². The molecular formula is C15H24N2. The largest absolute Gasteiger partial charge is 0.385 e. The average Bonchev–Trinajstić information content (AvgIpc) is 2.66. The lowest BCUT2D eigenvalue weighted by molar-refractivity contribution is 0.322. The van der Waals surface area contributed by atoms with Crippen molar-refractivity contribution in [3.63, 3.8) is 0 Å². The van der Waals surface area contributed by atoms with Crippen LogP contribution in [0.1, 0.15) is 20.3 Å². The zero-order chi connectivity index (χ0) is 12.1. The minimum atomic E-state index is 0.872. The van der Waals surface area contributed by atoms with Gasteiger partial charge in [0, 0.05) is 25.3 Å². The molecule has 1 heterocycles. The zero-order valence-electron chi connectivity index (χ0n) is 11.0. The van der Waals surface area contributed by atoms with Gasteiger partial charge >= 0.3 is 0 Å². The Labute approximate surface area is 105 Å². The van der Waals surface area contributed by atoms with E-state index in [0.717, 1.165) is 18.4 Å². The van der Waals surface area contributed by atoms with E-state index in [1.807, 2.05) is 0 Å². The predicted octanol–water partition coefficient (Wildman–Crippen LogP) is 3.08. The number of hydrogen-bond acceptors (Lipinski definition) is 2. The molecule has 94 valence electrons. The first-order chi connectivity index (χ1) is 8.25. The van der Waals surface area contributed by atoms with Crippen LogP contribution in [0.3, 0.4) is 0 Å². The van der Waals surface area contributed by atoms with Gasteiger partial charge in [-0.3, -0.25) is 0 Å². The van der Waals surface area contributed by atoms with Crippen molar-refractivity contribution in [1.82, 2.24) is 4.90 Å². The van der Waals surface area contributed by atoms with E-state index in [1.165, 1.54) is 31.7 Å². The smallest absolute Gasteiger partial charge is 0.0340 e. The van der Waals surface area contributed by atoms with E-state index in [0.29, 0.717) is 0 Å². The number of likely N-dealkylation sites (tertiary alicyclic amines) is 1. The Morgan fingerprint density at radius 2 is 1.76 bits per heavy atom. The lowest BCUT2D eigenvalue weighted by Crippen LogP contribution is -2.23. The van der Waals surface area contributed by atoms with E-state index < -0.39 is 0 Å². The summed E-state index contributed by atoms with van der Waals surface area (Å²) in [5.74, 6) is 1.74. The van der Waals surface area contributed by atoms with Crippen LogP contribution in [0, 0.1) is 11.8 Å². The number of nitrogens with zero attached hydrogens (tertiary/aromatic N) is 1. The highest BCUT2D eigenvalue weighted by Crippen LogP contribution is 2.21. The number of para-hydroxylation sites is 1. The molecule has 0 aliphatic carbocycles. The maximum absolute atomic E-state index is 3.46. The van der Waals surface area contributed by atoms with Crippen molar-refractivity contribution in [3.8, 4) is 0 Å². The van der Waals surface area contributed by atoms with E-state index in [1.54, 1.807) is 0 Å².